The van der Waals surface area contributed by atoms with Gasteiger partial charge >= 0.3 is 0 Å². The van der Waals surface area contributed by atoms with Gasteiger partial charge in [0.15, 0.2) is 5.78 Å². The van der Waals surface area contributed by atoms with Gasteiger partial charge in [0.1, 0.15) is 12.4 Å². The van der Waals surface area contributed by atoms with Gasteiger partial charge in [-0.2, -0.15) is 0 Å². The maximum Gasteiger partial charge on any atom is 0.168 e. The van der Waals surface area contributed by atoms with Crippen LogP contribution in [0.5, 0.6) is 0 Å². The molecule has 0 aromatic carbocycles. The molecule has 0 saturated heterocycles. The van der Waals surface area contributed by atoms with Crippen molar-refractivity contribution in [3.8, 4) is 0 Å². The predicted molar refractivity (Wildman–Crippen MR) is 89.7 cm³/mol. The molecule has 0 radical (unpaired) electrons. The normalized spacial score (nSPS) is 42.9. The Labute approximate surface area is 138 Å². The fraction of sp³-hybridized carbons (Fsp3) is 0.700. The largest absolute Gasteiger partial charge is 0.385 e. The van der Waals surface area contributed by atoms with Crippen molar-refractivity contribution in [3.05, 3.63) is 22.8 Å². The molecule has 1 fully saturated rings. The molecule has 0 spiro atoms. The maximum atomic E-state index is 12.4. The highest BCUT2D eigenvalue weighted by Gasteiger charge is 2.51. The van der Waals surface area contributed by atoms with E-state index >= 15 is 0 Å². The topological polar surface area (TPSA) is 54.4 Å². The summed E-state index contributed by atoms with van der Waals surface area (Å²) in [5.74, 6) is 0.222. The van der Waals surface area contributed by atoms with Gasteiger partial charge < -0.3 is 5.11 Å². The van der Waals surface area contributed by atoms with Gasteiger partial charge in [0.25, 0.3) is 0 Å². The zero-order valence-corrected chi connectivity index (χ0v) is 14.6. The molecular weight excluding hydrogens is 288 g/mol. The zero-order valence-electron chi connectivity index (χ0n) is 14.6. The Balaban J connectivity index is 2.10. The third-order valence-corrected chi connectivity index (χ3v) is 6.63. The monoisotopic (exact) mass is 316 g/mol. The number of fused-ring (bicyclic) bond motifs is 2. The molecule has 3 aliphatic rings. The average Bonchev–Trinajstić information content (AvgIpc) is 2.90. The molecule has 126 valence electrons. The lowest BCUT2D eigenvalue weighted by molar-refractivity contribution is -0.127. The number of allylic oxidation sites excluding steroid dienone is 4. The number of hydrogen-bond donors (Lipinski definition) is 1. The Morgan fingerprint density at radius 3 is 2.70 bits per heavy atom. The molecule has 3 aliphatic carbocycles. The number of carbonyl (C=O) groups is 2. The van der Waals surface area contributed by atoms with Crippen molar-refractivity contribution in [2.45, 2.75) is 59.5 Å². The zero-order chi connectivity index (χ0) is 16.9. The van der Waals surface area contributed by atoms with E-state index in [0.717, 1.165) is 31.1 Å². The van der Waals surface area contributed by atoms with Gasteiger partial charge in [0.05, 0.1) is 0 Å². The van der Waals surface area contributed by atoms with E-state index in [1.807, 2.05) is 13.0 Å². The van der Waals surface area contributed by atoms with E-state index in [1.165, 1.54) is 11.1 Å². The fourth-order valence-electron chi connectivity index (χ4n) is 5.13. The first-order valence-electron chi connectivity index (χ1n) is 8.88. The summed E-state index contributed by atoms with van der Waals surface area (Å²) in [6.07, 6.45) is 5.70. The number of hydrogen-bond acceptors (Lipinski definition) is 3. The van der Waals surface area contributed by atoms with Crippen molar-refractivity contribution in [1.82, 2.24) is 0 Å². The van der Waals surface area contributed by atoms with Crippen LogP contribution >= 0.6 is 0 Å². The second-order valence-corrected chi connectivity index (χ2v) is 8.36. The van der Waals surface area contributed by atoms with Crippen LogP contribution in [0.25, 0.3) is 0 Å². The summed E-state index contributed by atoms with van der Waals surface area (Å²) in [6.45, 7) is 8.73. The van der Waals surface area contributed by atoms with Crippen molar-refractivity contribution in [2.24, 2.45) is 29.1 Å². The highest BCUT2D eigenvalue weighted by molar-refractivity contribution is 5.91. The summed E-state index contributed by atoms with van der Waals surface area (Å²) in [5.41, 5.74) is 3.70. The molecule has 0 aliphatic heterocycles. The second kappa shape index (κ2) is 5.70. The molecule has 0 bridgehead atoms. The number of Topliss-reactive ketones (excluding diaryl/α,β-unsaturated/α-hetero) is 1. The van der Waals surface area contributed by atoms with Crippen molar-refractivity contribution in [3.63, 3.8) is 0 Å². The van der Waals surface area contributed by atoms with Crippen molar-refractivity contribution in [2.75, 3.05) is 0 Å². The molecule has 0 aromatic heterocycles. The number of ketones is 1. The minimum atomic E-state index is -0.880. The smallest absolute Gasteiger partial charge is 0.168 e. The number of carbonyl (C=O) groups excluding carboxylic acids is 2. The molecule has 3 heteroatoms. The molecule has 23 heavy (non-hydrogen) atoms. The van der Waals surface area contributed by atoms with E-state index in [4.69, 9.17) is 0 Å². The lowest BCUT2D eigenvalue weighted by Gasteiger charge is -2.36. The Morgan fingerprint density at radius 1 is 1.39 bits per heavy atom. The molecule has 0 unspecified atom stereocenters. The molecule has 3 nitrogen and oxygen atoms in total. The average molecular weight is 316 g/mol. The van der Waals surface area contributed by atoms with Crippen LogP contribution in [0.4, 0.5) is 0 Å². The summed E-state index contributed by atoms with van der Waals surface area (Å²) in [5, 5.41) is 10.2. The number of rotatable bonds is 2. The van der Waals surface area contributed by atoms with Crippen LogP contribution in [-0.4, -0.2) is 23.3 Å². The van der Waals surface area contributed by atoms with E-state index in [-0.39, 0.29) is 29.0 Å². The van der Waals surface area contributed by atoms with Gasteiger partial charge in [-0.25, -0.2) is 0 Å². The molecular formula is C20H28O3. The van der Waals surface area contributed by atoms with Crippen molar-refractivity contribution >= 4 is 12.1 Å². The highest BCUT2D eigenvalue weighted by atomic mass is 16.3. The van der Waals surface area contributed by atoms with Crippen LogP contribution in [0.1, 0.15) is 53.4 Å². The van der Waals surface area contributed by atoms with E-state index in [1.54, 1.807) is 0 Å². The van der Waals surface area contributed by atoms with E-state index < -0.39 is 6.10 Å². The molecule has 0 heterocycles. The quantitative estimate of drug-likeness (QED) is 0.627. The standard InChI is InChI=1S/C20H28O3/c1-11(2)14-5-6-20(4)9-16-12(3)18(22)19(23)15(16)7-13(10-21)8-17(14)20/h7,10-12,15-16,18,22H,5-6,8-9H2,1-4H3/b13-7+/t12-,15-,16+,18-,20-/m0/s1. The van der Waals surface area contributed by atoms with Crippen LogP contribution in [-0.2, 0) is 9.59 Å². The third-order valence-electron chi connectivity index (χ3n) is 6.63. The predicted octanol–water partition coefficient (Wildman–Crippen LogP) is 3.47. The Kier molecular flexibility index (Phi) is 4.12. The molecule has 0 amide bonds. The van der Waals surface area contributed by atoms with E-state index in [2.05, 4.69) is 20.8 Å². The Bertz CT molecular complexity index is 598. The van der Waals surface area contributed by atoms with Crippen LogP contribution < -0.4 is 0 Å². The van der Waals surface area contributed by atoms with Gasteiger partial charge in [0, 0.05) is 5.92 Å². The fourth-order valence-corrected chi connectivity index (χ4v) is 5.13. The van der Waals surface area contributed by atoms with Crippen LogP contribution in [0.2, 0.25) is 0 Å². The first kappa shape index (κ1) is 16.6. The number of aliphatic hydroxyl groups is 1. The minimum absolute atomic E-state index is 0.0315. The summed E-state index contributed by atoms with van der Waals surface area (Å²) >= 11 is 0. The summed E-state index contributed by atoms with van der Waals surface area (Å²) in [4.78, 5) is 24.0. The summed E-state index contributed by atoms with van der Waals surface area (Å²) < 4.78 is 0. The third kappa shape index (κ3) is 2.53. The van der Waals surface area contributed by atoms with Gasteiger partial charge in [-0.15, -0.1) is 0 Å². The van der Waals surface area contributed by atoms with Crippen molar-refractivity contribution < 1.29 is 14.7 Å². The number of aldehydes is 1. The van der Waals surface area contributed by atoms with Gasteiger partial charge in [0.2, 0.25) is 0 Å². The lowest BCUT2D eigenvalue weighted by Crippen LogP contribution is -2.28. The Hall–Kier alpha value is -1.22. The second-order valence-electron chi connectivity index (χ2n) is 8.36. The SMILES string of the molecule is CC(C)C1=C2C/C(C=O)=C\[C@@H]3C(=O)[C@@H](O)[C@@H](C)[C@H]3C[C@]2(C)CC1. The molecule has 5 atom stereocenters. The van der Waals surface area contributed by atoms with Crippen molar-refractivity contribution in [1.29, 1.82) is 0 Å². The van der Waals surface area contributed by atoms with Crippen LogP contribution in [0.15, 0.2) is 22.8 Å². The van der Waals surface area contributed by atoms with Gasteiger partial charge in [-0.3, -0.25) is 9.59 Å². The van der Waals surface area contributed by atoms with Crippen LogP contribution in [0, 0.1) is 29.1 Å². The van der Waals surface area contributed by atoms with E-state index in [9.17, 15) is 14.7 Å². The molecule has 1 N–H and O–H groups in total. The summed E-state index contributed by atoms with van der Waals surface area (Å²) in [7, 11) is 0. The first-order chi connectivity index (χ1) is 10.8. The number of aliphatic hydroxyl groups excluding tert-OH is 1. The molecule has 3 rings (SSSR count). The lowest BCUT2D eigenvalue weighted by atomic mass is 9.67. The summed E-state index contributed by atoms with van der Waals surface area (Å²) in [6, 6.07) is 0. The van der Waals surface area contributed by atoms with Gasteiger partial charge in [-0.05, 0) is 54.4 Å². The Morgan fingerprint density at radius 2 is 2.09 bits per heavy atom. The van der Waals surface area contributed by atoms with Gasteiger partial charge in [-0.1, -0.05) is 44.9 Å². The first-order valence-corrected chi connectivity index (χ1v) is 8.88. The molecule has 1 saturated carbocycles. The highest BCUT2D eigenvalue weighted by Crippen LogP contribution is 2.55. The minimum Gasteiger partial charge on any atom is -0.385 e. The maximum absolute atomic E-state index is 12.4. The molecule has 0 aromatic rings. The van der Waals surface area contributed by atoms with E-state index in [0.29, 0.717) is 12.3 Å². The van der Waals surface area contributed by atoms with Crippen LogP contribution in [0.3, 0.4) is 0 Å².